The van der Waals surface area contributed by atoms with Gasteiger partial charge < -0.3 is 10.2 Å². The van der Waals surface area contributed by atoms with Gasteiger partial charge >= 0.3 is 0 Å². The number of rotatable bonds is 6. The summed E-state index contributed by atoms with van der Waals surface area (Å²) in [7, 11) is 0. The summed E-state index contributed by atoms with van der Waals surface area (Å²) in [6.07, 6.45) is 5.46. The third kappa shape index (κ3) is 4.35. The van der Waals surface area contributed by atoms with E-state index in [1.165, 1.54) is 0 Å². The van der Waals surface area contributed by atoms with Gasteiger partial charge in [0.05, 0.1) is 34.8 Å². The Bertz CT molecular complexity index is 1150. The molecule has 176 valence electrons. The van der Waals surface area contributed by atoms with Crippen molar-refractivity contribution in [1.29, 1.82) is 0 Å². The average Bonchev–Trinajstić information content (AvgIpc) is 3.41. The van der Waals surface area contributed by atoms with Crippen molar-refractivity contribution in [1.82, 2.24) is 25.3 Å². The van der Waals surface area contributed by atoms with Gasteiger partial charge in [0.1, 0.15) is 0 Å². The van der Waals surface area contributed by atoms with Gasteiger partial charge in [-0.25, -0.2) is 4.68 Å². The van der Waals surface area contributed by atoms with Crippen LogP contribution in [0.4, 0.5) is 0 Å². The number of likely N-dealkylation sites (tertiary alicyclic amines) is 1. The summed E-state index contributed by atoms with van der Waals surface area (Å²) in [5, 5.41) is 11.3. The van der Waals surface area contributed by atoms with Gasteiger partial charge in [-0.1, -0.05) is 61.9 Å². The van der Waals surface area contributed by atoms with Gasteiger partial charge in [-0.3, -0.25) is 14.9 Å². The number of piperidine rings is 1. The topological polar surface area (TPSA) is 79.3 Å². The van der Waals surface area contributed by atoms with Crippen LogP contribution in [0.1, 0.15) is 47.8 Å². The zero-order valence-electron chi connectivity index (χ0n) is 19.5. The molecule has 1 unspecified atom stereocenters. The molecule has 2 aliphatic rings. The summed E-state index contributed by atoms with van der Waals surface area (Å²) in [6, 6.07) is 19.8. The standard InChI is InChI=1S/C27H31N5O2/c1-2-9-24-22(19-28-32(24)21-12-7-4-8-13-21)26(34)31-16-14-27(15-17-31)29-23(25(33)30-27)18-20-10-5-3-6-11-20/h3-8,10-13,19,23,29H,2,9,14-18H2,1H3,(H,30,33). The second kappa shape index (κ2) is 9.43. The van der Waals surface area contributed by atoms with Crippen LogP contribution >= 0.6 is 0 Å². The van der Waals surface area contributed by atoms with Crippen LogP contribution in [0.25, 0.3) is 5.69 Å². The monoisotopic (exact) mass is 457 g/mol. The number of aromatic nitrogens is 2. The molecule has 2 fully saturated rings. The molecule has 7 heteroatoms. The average molecular weight is 458 g/mol. The van der Waals surface area contributed by atoms with Crippen LogP contribution in [0.2, 0.25) is 0 Å². The Kier molecular flexibility index (Phi) is 6.20. The number of amides is 2. The van der Waals surface area contributed by atoms with Crippen molar-refractivity contribution in [2.45, 2.75) is 50.7 Å². The highest BCUT2D eigenvalue weighted by atomic mass is 16.2. The van der Waals surface area contributed by atoms with Gasteiger partial charge in [-0.15, -0.1) is 0 Å². The number of nitrogens with one attached hydrogen (secondary N) is 2. The van der Waals surface area contributed by atoms with E-state index in [1.807, 2.05) is 70.2 Å². The second-order valence-electron chi connectivity index (χ2n) is 9.25. The van der Waals surface area contributed by atoms with E-state index in [0.717, 1.165) is 29.8 Å². The maximum atomic E-state index is 13.5. The van der Waals surface area contributed by atoms with Crippen molar-refractivity contribution >= 4 is 11.8 Å². The summed E-state index contributed by atoms with van der Waals surface area (Å²) in [5.41, 5.74) is 3.29. The molecule has 2 N–H and O–H groups in total. The van der Waals surface area contributed by atoms with Crippen LogP contribution in [0.5, 0.6) is 0 Å². The minimum absolute atomic E-state index is 0.0191. The van der Waals surface area contributed by atoms with Crippen molar-refractivity contribution < 1.29 is 9.59 Å². The molecule has 1 spiro atoms. The Morgan fingerprint density at radius 1 is 1.06 bits per heavy atom. The molecule has 0 saturated carbocycles. The van der Waals surface area contributed by atoms with Gasteiger partial charge in [0.2, 0.25) is 5.91 Å². The number of para-hydroxylation sites is 1. The van der Waals surface area contributed by atoms with Gasteiger partial charge in [0.25, 0.3) is 5.91 Å². The fourth-order valence-corrected chi connectivity index (χ4v) is 5.10. The highest BCUT2D eigenvalue weighted by molar-refractivity contribution is 5.95. The minimum atomic E-state index is -0.437. The maximum Gasteiger partial charge on any atom is 0.257 e. The Morgan fingerprint density at radius 3 is 2.41 bits per heavy atom. The normalized spacial score (nSPS) is 19.4. The third-order valence-corrected chi connectivity index (χ3v) is 6.90. The zero-order valence-corrected chi connectivity index (χ0v) is 19.5. The van der Waals surface area contributed by atoms with E-state index in [2.05, 4.69) is 22.7 Å². The highest BCUT2D eigenvalue weighted by Gasteiger charge is 2.45. The van der Waals surface area contributed by atoms with Crippen LogP contribution < -0.4 is 10.6 Å². The van der Waals surface area contributed by atoms with Gasteiger partial charge in [0, 0.05) is 25.9 Å². The maximum absolute atomic E-state index is 13.5. The largest absolute Gasteiger partial charge is 0.338 e. The summed E-state index contributed by atoms with van der Waals surface area (Å²) >= 11 is 0. The van der Waals surface area contributed by atoms with E-state index in [-0.39, 0.29) is 17.9 Å². The lowest BCUT2D eigenvalue weighted by atomic mass is 9.96. The fraction of sp³-hybridized carbons (Fsp3) is 0.370. The van der Waals surface area contributed by atoms with Crippen molar-refractivity contribution in [3.63, 3.8) is 0 Å². The van der Waals surface area contributed by atoms with Crippen molar-refractivity contribution in [3.05, 3.63) is 83.7 Å². The molecule has 34 heavy (non-hydrogen) atoms. The first-order valence-corrected chi connectivity index (χ1v) is 12.1. The molecule has 3 heterocycles. The van der Waals surface area contributed by atoms with E-state index in [1.54, 1.807) is 6.20 Å². The second-order valence-corrected chi connectivity index (χ2v) is 9.25. The van der Waals surface area contributed by atoms with E-state index >= 15 is 0 Å². The molecule has 1 aromatic heterocycles. The molecule has 2 amide bonds. The smallest absolute Gasteiger partial charge is 0.257 e. The lowest BCUT2D eigenvalue weighted by molar-refractivity contribution is -0.121. The SMILES string of the molecule is CCCc1c(C(=O)N2CCC3(CC2)NC(=O)C(Cc2ccccc2)N3)cnn1-c1ccccc1. The number of hydrogen-bond donors (Lipinski definition) is 2. The molecule has 2 aliphatic heterocycles. The summed E-state index contributed by atoms with van der Waals surface area (Å²) < 4.78 is 1.88. The van der Waals surface area contributed by atoms with E-state index in [4.69, 9.17) is 0 Å². The first-order chi connectivity index (χ1) is 16.6. The predicted molar refractivity (Wildman–Crippen MR) is 131 cm³/mol. The zero-order chi connectivity index (χ0) is 23.5. The third-order valence-electron chi connectivity index (χ3n) is 6.90. The van der Waals surface area contributed by atoms with E-state index in [9.17, 15) is 9.59 Å². The van der Waals surface area contributed by atoms with Gasteiger partial charge in [0.15, 0.2) is 0 Å². The summed E-state index contributed by atoms with van der Waals surface area (Å²) in [5.74, 6) is 0.0589. The first kappa shape index (κ1) is 22.3. The van der Waals surface area contributed by atoms with Crippen molar-refractivity contribution in [2.75, 3.05) is 13.1 Å². The number of carbonyl (C=O) groups excluding carboxylic acids is 2. The Morgan fingerprint density at radius 2 is 1.74 bits per heavy atom. The minimum Gasteiger partial charge on any atom is -0.338 e. The first-order valence-electron chi connectivity index (χ1n) is 12.1. The van der Waals surface area contributed by atoms with Crippen LogP contribution in [0, 0.1) is 0 Å². The Labute approximate surface area is 200 Å². The molecule has 5 rings (SSSR count). The molecule has 0 radical (unpaired) electrons. The van der Waals surface area contributed by atoms with Crippen molar-refractivity contribution in [3.8, 4) is 5.69 Å². The Balaban J connectivity index is 1.27. The number of nitrogens with zero attached hydrogens (tertiary/aromatic N) is 3. The molecular weight excluding hydrogens is 426 g/mol. The molecule has 0 aliphatic carbocycles. The van der Waals surface area contributed by atoms with E-state index in [0.29, 0.717) is 37.9 Å². The molecule has 2 saturated heterocycles. The van der Waals surface area contributed by atoms with Crippen LogP contribution in [0.3, 0.4) is 0 Å². The van der Waals surface area contributed by atoms with Crippen LogP contribution in [-0.4, -0.2) is 51.3 Å². The summed E-state index contributed by atoms with van der Waals surface area (Å²) in [6.45, 7) is 3.29. The highest BCUT2D eigenvalue weighted by Crippen LogP contribution is 2.27. The fourth-order valence-electron chi connectivity index (χ4n) is 5.10. The van der Waals surface area contributed by atoms with Gasteiger partial charge in [-0.2, -0.15) is 5.10 Å². The van der Waals surface area contributed by atoms with Crippen molar-refractivity contribution in [2.24, 2.45) is 0 Å². The molecule has 2 aromatic carbocycles. The quantitative estimate of drug-likeness (QED) is 0.596. The van der Waals surface area contributed by atoms with Gasteiger partial charge in [-0.05, 0) is 30.5 Å². The molecule has 3 aromatic rings. The molecule has 1 atom stereocenters. The lowest BCUT2D eigenvalue weighted by Gasteiger charge is -2.39. The molecule has 7 nitrogen and oxygen atoms in total. The lowest BCUT2D eigenvalue weighted by Crippen LogP contribution is -2.58. The number of hydrogen-bond acceptors (Lipinski definition) is 4. The predicted octanol–water partition coefficient (Wildman–Crippen LogP) is 3.09. The van der Waals surface area contributed by atoms with Crippen LogP contribution in [-0.2, 0) is 17.6 Å². The number of benzene rings is 2. The molecular formula is C27H31N5O2. The number of carbonyl (C=O) groups is 2. The Hall–Kier alpha value is -3.45. The van der Waals surface area contributed by atoms with Crippen LogP contribution in [0.15, 0.2) is 66.9 Å². The summed E-state index contributed by atoms with van der Waals surface area (Å²) in [4.78, 5) is 28.1. The molecule has 0 bridgehead atoms. The van der Waals surface area contributed by atoms with E-state index < -0.39 is 5.66 Å².